The number of hydrogen-bond acceptors (Lipinski definition) is 5. The largest absolute Gasteiger partial charge is 0.484 e. The van der Waals surface area contributed by atoms with Crippen molar-refractivity contribution in [1.82, 2.24) is 9.66 Å². The summed E-state index contributed by atoms with van der Waals surface area (Å²) in [5, 5.41) is 7.55. The van der Waals surface area contributed by atoms with Crippen molar-refractivity contribution in [2.45, 2.75) is 0 Å². The van der Waals surface area contributed by atoms with E-state index >= 15 is 0 Å². The number of anilines is 1. The Kier molecular flexibility index (Phi) is 6.80. The number of benzene rings is 4. The zero-order valence-electron chi connectivity index (χ0n) is 19.5. The first-order chi connectivity index (χ1) is 18.1. The van der Waals surface area contributed by atoms with Crippen LogP contribution >= 0.6 is 0 Å². The quantitative estimate of drug-likeness (QED) is 0.320. The summed E-state index contributed by atoms with van der Waals surface area (Å²) in [5.74, 6) is 0.179. The molecule has 0 bridgehead atoms. The normalized spacial score (nSPS) is 11.1. The van der Waals surface area contributed by atoms with E-state index in [2.05, 4.69) is 15.4 Å². The summed E-state index contributed by atoms with van der Waals surface area (Å²) >= 11 is 0. The lowest BCUT2D eigenvalue weighted by molar-refractivity contribution is -0.118. The predicted octanol–water partition coefficient (Wildman–Crippen LogP) is 5.10. The Labute approximate surface area is 211 Å². The molecule has 1 heterocycles. The molecule has 37 heavy (non-hydrogen) atoms. The molecule has 0 saturated carbocycles. The van der Waals surface area contributed by atoms with Crippen molar-refractivity contribution in [3.8, 4) is 17.1 Å². The molecule has 0 saturated heterocycles. The van der Waals surface area contributed by atoms with Gasteiger partial charge in [-0.15, -0.1) is 0 Å². The van der Waals surface area contributed by atoms with Gasteiger partial charge in [0.1, 0.15) is 11.6 Å². The zero-order valence-corrected chi connectivity index (χ0v) is 19.5. The molecule has 0 aliphatic rings. The fourth-order valence-electron chi connectivity index (χ4n) is 3.66. The fourth-order valence-corrected chi connectivity index (χ4v) is 3.66. The van der Waals surface area contributed by atoms with Crippen LogP contribution in [0.3, 0.4) is 0 Å². The van der Waals surface area contributed by atoms with Crippen LogP contribution in [-0.2, 0) is 4.79 Å². The molecule has 0 aliphatic heterocycles. The molecular weight excluding hydrogens is 471 g/mol. The Hall–Kier alpha value is -5.11. The molecule has 4 aromatic carbocycles. The van der Waals surface area contributed by atoms with Gasteiger partial charge >= 0.3 is 0 Å². The van der Waals surface area contributed by atoms with E-state index in [1.54, 1.807) is 48.7 Å². The van der Waals surface area contributed by atoms with Crippen LogP contribution in [0.5, 0.6) is 5.75 Å². The number of fused-ring (bicyclic) bond motifs is 1. The molecule has 5 aromatic rings. The summed E-state index contributed by atoms with van der Waals surface area (Å²) in [4.78, 5) is 30.0. The van der Waals surface area contributed by atoms with Gasteiger partial charge in [0.25, 0.3) is 11.5 Å². The standard InChI is InChI=1S/C29H21FN4O3/c30-22-12-14-23(15-13-22)32-27(35)19-37-24-16-10-20(11-17-24)18-31-34-28(21-6-2-1-3-7-21)33-26-9-5-4-8-25(26)29(34)36/h1-18H,19H2,(H,32,35). The molecule has 5 rings (SSSR count). The average molecular weight is 493 g/mol. The third-order valence-corrected chi connectivity index (χ3v) is 5.49. The lowest BCUT2D eigenvalue weighted by Gasteiger charge is -2.09. The maximum Gasteiger partial charge on any atom is 0.282 e. The van der Waals surface area contributed by atoms with Crippen LogP contribution in [0.2, 0.25) is 0 Å². The number of nitrogens with zero attached hydrogens (tertiary/aromatic N) is 3. The van der Waals surface area contributed by atoms with Gasteiger partial charge in [0, 0.05) is 11.3 Å². The van der Waals surface area contributed by atoms with Gasteiger partial charge in [-0.1, -0.05) is 42.5 Å². The highest BCUT2D eigenvalue weighted by molar-refractivity contribution is 5.91. The first kappa shape index (κ1) is 23.6. The third-order valence-electron chi connectivity index (χ3n) is 5.49. The molecule has 1 aromatic heterocycles. The molecule has 0 radical (unpaired) electrons. The Morgan fingerprint density at radius 1 is 0.919 bits per heavy atom. The van der Waals surface area contributed by atoms with Crippen LogP contribution in [-0.4, -0.2) is 28.4 Å². The van der Waals surface area contributed by atoms with Gasteiger partial charge in [0.15, 0.2) is 12.4 Å². The number of halogens is 1. The topological polar surface area (TPSA) is 85.6 Å². The highest BCUT2D eigenvalue weighted by Crippen LogP contribution is 2.19. The molecular formula is C29H21FN4O3. The van der Waals surface area contributed by atoms with E-state index in [1.165, 1.54) is 28.9 Å². The van der Waals surface area contributed by atoms with E-state index in [4.69, 9.17) is 4.74 Å². The van der Waals surface area contributed by atoms with Crippen molar-refractivity contribution >= 4 is 28.7 Å². The highest BCUT2D eigenvalue weighted by Gasteiger charge is 2.12. The van der Waals surface area contributed by atoms with Crippen LogP contribution in [0.15, 0.2) is 113 Å². The molecule has 0 fully saturated rings. The summed E-state index contributed by atoms with van der Waals surface area (Å²) in [7, 11) is 0. The van der Waals surface area contributed by atoms with Gasteiger partial charge in [-0.05, 0) is 66.2 Å². The number of amides is 1. The number of carbonyl (C=O) groups excluding carboxylic acids is 1. The minimum atomic E-state index is -0.379. The van der Waals surface area contributed by atoms with Crippen molar-refractivity contribution in [1.29, 1.82) is 0 Å². The first-order valence-electron chi connectivity index (χ1n) is 11.5. The van der Waals surface area contributed by atoms with Gasteiger partial charge in [-0.25, -0.2) is 9.37 Å². The van der Waals surface area contributed by atoms with E-state index in [0.717, 1.165) is 11.1 Å². The van der Waals surface area contributed by atoms with E-state index < -0.39 is 0 Å². The number of rotatable bonds is 7. The van der Waals surface area contributed by atoms with Crippen molar-refractivity contribution in [2.75, 3.05) is 11.9 Å². The van der Waals surface area contributed by atoms with Gasteiger partial charge in [0.05, 0.1) is 17.1 Å². The number of nitrogens with one attached hydrogen (secondary N) is 1. The lowest BCUT2D eigenvalue weighted by Crippen LogP contribution is -2.20. The molecule has 1 N–H and O–H groups in total. The summed E-state index contributed by atoms with van der Waals surface area (Å²) in [6, 6.07) is 29.0. The van der Waals surface area contributed by atoms with Crippen LogP contribution < -0.4 is 15.6 Å². The van der Waals surface area contributed by atoms with Crippen molar-refractivity contribution in [3.05, 3.63) is 125 Å². The van der Waals surface area contributed by atoms with Crippen LogP contribution in [0.1, 0.15) is 5.56 Å². The van der Waals surface area contributed by atoms with E-state index in [0.29, 0.717) is 28.2 Å². The smallest absolute Gasteiger partial charge is 0.282 e. The van der Waals surface area contributed by atoms with Gasteiger partial charge in [-0.3, -0.25) is 9.59 Å². The average Bonchev–Trinajstić information content (AvgIpc) is 2.94. The number of para-hydroxylation sites is 1. The lowest BCUT2D eigenvalue weighted by atomic mass is 10.2. The van der Waals surface area contributed by atoms with Gasteiger partial charge in [0.2, 0.25) is 0 Å². The molecule has 7 nitrogen and oxygen atoms in total. The molecule has 8 heteroatoms. The van der Waals surface area contributed by atoms with Crippen LogP contribution in [0, 0.1) is 5.82 Å². The Morgan fingerprint density at radius 3 is 2.38 bits per heavy atom. The van der Waals surface area contributed by atoms with Crippen molar-refractivity contribution in [3.63, 3.8) is 0 Å². The molecule has 0 unspecified atom stereocenters. The highest BCUT2D eigenvalue weighted by atomic mass is 19.1. The van der Waals surface area contributed by atoms with Crippen molar-refractivity contribution < 1.29 is 13.9 Å². The number of ether oxygens (including phenoxy) is 1. The summed E-state index contributed by atoms with van der Waals surface area (Å²) in [6.45, 7) is -0.205. The molecule has 1 amide bonds. The second kappa shape index (κ2) is 10.7. The minimum Gasteiger partial charge on any atom is -0.484 e. The second-order valence-corrected chi connectivity index (χ2v) is 8.09. The minimum absolute atomic E-state index is 0.205. The maximum absolute atomic E-state index is 13.2. The van der Waals surface area contributed by atoms with E-state index in [-0.39, 0.29) is 23.9 Å². The Bertz CT molecular complexity index is 1630. The Balaban J connectivity index is 1.32. The SMILES string of the molecule is O=C(COc1ccc(C=Nn2c(-c3ccccc3)nc3ccccc3c2=O)cc1)Nc1ccc(F)cc1. The van der Waals surface area contributed by atoms with Crippen LogP contribution in [0.25, 0.3) is 22.3 Å². The maximum atomic E-state index is 13.2. The van der Waals surface area contributed by atoms with Gasteiger partial charge in [-0.2, -0.15) is 9.78 Å². The molecule has 182 valence electrons. The van der Waals surface area contributed by atoms with E-state index in [1.807, 2.05) is 36.4 Å². The monoisotopic (exact) mass is 492 g/mol. The third kappa shape index (κ3) is 5.59. The predicted molar refractivity (Wildman–Crippen MR) is 141 cm³/mol. The summed E-state index contributed by atoms with van der Waals surface area (Å²) < 4.78 is 19.8. The second-order valence-electron chi connectivity index (χ2n) is 8.09. The first-order valence-corrected chi connectivity index (χ1v) is 11.5. The zero-order chi connectivity index (χ0) is 25.6. The van der Waals surface area contributed by atoms with Crippen LogP contribution in [0.4, 0.5) is 10.1 Å². The van der Waals surface area contributed by atoms with Gasteiger partial charge < -0.3 is 10.1 Å². The molecule has 0 atom stereocenters. The molecule has 0 spiro atoms. The number of hydrogen-bond donors (Lipinski definition) is 1. The summed E-state index contributed by atoms with van der Waals surface area (Å²) in [5.41, 5.74) is 2.30. The Morgan fingerprint density at radius 2 is 1.62 bits per heavy atom. The molecule has 0 aliphatic carbocycles. The number of aromatic nitrogens is 2. The number of carbonyl (C=O) groups is 1. The fraction of sp³-hybridized carbons (Fsp3) is 0.0345. The van der Waals surface area contributed by atoms with E-state index in [9.17, 15) is 14.0 Å². The summed E-state index contributed by atoms with van der Waals surface area (Å²) in [6.07, 6.45) is 1.56. The van der Waals surface area contributed by atoms with Crippen molar-refractivity contribution in [2.24, 2.45) is 5.10 Å².